The topological polar surface area (TPSA) is 93.2 Å². The van der Waals surface area contributed by atoms with Crippen molar-refractivity contribution in [1.82, 2.24) is 0 Å². The van der Waals surface area contributed by atoms with Crippen molar-refractivity contribution in [2.24, 2.45) is 11.7 Å². The van der Waals surface area contributed by atoms with Gasteiger partial charge in [-0.3, -0.25) is 9.57 Å². The molecule has 6 heteroatoms. The average molecular weight is 276 g/mol. The largest absolute Gasteiger partial charge is 0.468 e. The zero-order valence-corrected chi connectivity index (χ0v) is 11.8. The van der Waals surface area contributed by atoms with Crippen LogP contribution in [-0.4, -0.2) is 34.8 Å². The highest BCUT2D eigenvalue weighted by atomic mass is 32.2. The van der Waals surface area contributed by atoms with Gasteiger partial charge < -0.3 is 10.5 Å². The van der Waals surface area contributed by atoms with Crippen LogP contribution < -0.4 is 5.73 Å². The Hall–Kier alpha value is -0.620. The molecule has 0 saturated heterocycles. The number of esters is 1. The van der Waals surface area contributed by atoms with Crippen molar-refractivity contribution in [2.75, 3.05) is 18.6 Å². The number of hydrogen-bond acceptors (Lipinski definition) is 5. The Balaban J connectivity index is 2.28. The predicted molar refractivity (Wildman–Crippen MR) is 71.8 cm³/mol. The quantitative estimate of drug-likeness (QED) is 0.689. The van der Waals surface area contributed by atoms with Gasteiger partial charge in [0.1, 0.15) is 6.04 Å². The van der Waals surface area contributed by atoms with E-state index in [1.807, 2.05) is 0 Å². The summed E-state index contributed by atoms with van der Waals surface area (Å²) in [6.45, 7) is 0. The number of carbonyl (C=O) groups excluding carboxylic acids is 1. The van der Waals surface area contributed by atoms with Crippen LogP contribution in [0.25, 0.3) is 0 Å². The van der Waals surface area contributed by atoms with E-state index in [2.05, 4.69) is 4.74 Å². The van der Waals surface area contributed by atoms with Crippen LogP contribution in [0, 0.1) is 10.7 Å². The number of nitrogens with two attached hydrogens (primary N) is 1. The molecule has 1 unspecified atom stereocenters. The summed E-state index contributed by atoms with van der Waals surface area (Å²) in [6.07, 6.45) is 6.07. The lowest BCUT2D eigenvalue weighted by atomic mass is 10.1. The van der Waals surface area contributed by atoms with Crippen LogP contribution in [0.15, 0.2) is 0 Å². The number of ether oxygens (including phenoxy) is 1. The van der Waals surface area contributed by atoms with Crippen molar-refractivity contribution < 1.29 is 13.7 Å². The summed E-state index contributed by atoms with van der Waals surface area (Å²) in [6, 6.07) is -0.757. The second kappa shape index (κ2) is 7.09. The Labute approximate surface area is 109 Å². The number of hydrogen-bond donors (Lipinski definition) is 2. The van der Waals surface area contributed by atoms with Crippen molar-refractivity contribution in [2.45, 2.75) is 44.6 Å². The molecule has 0 aromatic carbocycles. The molecular formula is C12H24N2O3S. The fourth-order valence-electron chi connectivity index (χ4n) is 2.34. The summed E-state index contributed by atoms with van der Waals surface area (Å²) in [4.78, 5) is 11.1. The maximum absolute atomic E-state index is 12.0. The summed E-state index contributed by atoms with van der Waals surface area (Å²) >= 11 is 0. The molecule has 0 heterocycles. The van der Waals surface area contributed by atoms with E-state index in [0.29, 0.717) is 11.7 Å². The van der Waals surface area contributed by atoms with E-state index in [-0.39, 0.29) is 12.2 Å². The first-order chi connectivity index (χ1) is 8.44. The molecule has 0 spiro atoms. The van der Waals surface area contributed by atoms with Crippen LogP contribution in [0.1, 0.15) is 38.5 Å². The number of nitrogens with one attached hydrogen (secondary N) is 1. The van der Waals surface area contributed by atoms with Crippen LogP contribution in [-0.2, 0) is 19.3 Å². The molecule has 1 fully saturated rings. The minimum Gasteiger partial charge on any atom is -0.468 e. The molecule has 0 aromatic rings. The molecule has 1 aliphatic rings. The average Bonchev–Trinajstić information content (AvgIpc) is 2.86. The highest BCUT2D eigenvalue weighted by Gasteiger charge is 2.20. The van der Waals surface area contributed by atoms with Gasteiger partial charge in [0.2, 0.25) is 0 Å². The summed E-state index contributed by atoms with van der Waals surface area (Å²) in [5.41, 5.74) is 5.57. The van der Waals surface area contributed by atoms with Crippen molar-refractivity contribution in [3.8, 4) is 0 Å². The van der Waals surface area contributed by atoms with Gasteiger partial charge in [0.05, 0.1) is 7.11 Å². The van der Waals surface area contributed by atoms with Gasteiger partial charge in [-0.15, -0.1) is 0 Å². The van der Waals surface area contributed by atoms with Gasteiger partial charge in [-0.25, -0.2) is 4.21 Å². The zero-order valence-electron chi connectivity index (χ0n) is 11.0. The van der Waals surface area contributed by atoms with Crippen molar-refractivity contribution in [3.63, 3.8) is 0 Å². The second-order valence-corrected chi connectivity index (χ2v) is 7.52. The highest BCUT2D eigenvalue weighted by Crippen LogP contribution is 2.27. The molecule has 2 atom stereocenters. The molecular weight excluding hydrogens is 252 g/mol. The van der Waals surface area contributed by atoms with Crippen LogP contribution >= 0.6 is 0 Å². The van der Waals surface area contributed by atoms with Gasteiger partial charge in [0, 0.05) is 21.2 Å². The van der Waals surface area contributed by atoms with E-state index in [0.717, 1.165) is 6.42 Å². The molecule has 0 aromatic heterocycles. The highest BCUT2D eigenvalue weighted by molar-refractivity contribution is 7.92. The monoisotopic (exact) mass is 276 g/mol. The fraction of sp³-hybridized carbons (Fsp3) is 0.917. The molecule has 0 radical (unpaired) electrons. The SMILES string of the molecule is COC(=O)[C@@H](N)CCS(=N)(=O)CCC1CCCC1. The Kier molecular flexibility index (Phi) is 6.08. The first kappa shape index (κ1) is 15.4. The molecule has 1 aliphatic carbocycles. The van der Waals surface area contributed by atoms with Crippen LogP contribution in [0.4, 0.5) is 0 Å². The summed E-state index contributed by atoms with van der Waals surface area (Å²) in [5.74, 6) is 0.771. The van der Waals surface area contributed by atoms with E-state index in [1.165, 1.54) is 32.8 Å². The third-order valence-electron chi connectivity index (χ3n) is 3.59. The number of methoxy groups -OCH3 is 1. The molecule has 0 amide bonds. The summed E-state index contributed by atoms with van der Waals surface area (Å²) < 4.78 is 24.3. The molecule has 0 aliphatic heterocycles. The van der Waals surface area contributed by atoms with Gasteiger partial charge in [-0.05, 0) is 18.8 Å². The van der Waals surface area contributed by atoms with Gasteiger partial charge in [-0.1, -0.05) is 25.7 Å². The predicted octanol–water partition coefficient (Wildman–Crippen LogP) is 1.50. The molecule has 106 valence electrons. The fourth-order valence-corrected chi connectivity index (χ4v) is 3.90. The Bertz CT molecular complexity index is 362. The number of rotatable bonds is 7. The standard InChI is InChI=1S/C12H24N2O3S/c1-17-12(15)11(13)7-9-18(14,16)8-6-10-4-2-3-5-10/h10-11,14H,2-9,13H2,1H3/t11-,18?/m0/s1. The number of carbonyl (C=O) groups is 1. The van der Waals surface area contributed by atoms with Crippen molar-refractivity contribution in [3.05, 3.63) is 0 Å². The van der Waals surface area contributed by atoms with E-state index in [9.17, 15) is 9.00 Å². The third-order valence-corrected chi connectivity index (χ3v) is 5.38. The van der Waals surface area contributed by atoms with Crippen LogP contribution in [0.2, 0.25) is 0 Å². The van der Waals surface area contributed by atoms with Gasteiger partial charge in [-0.2, -0.15) is 0 Å². The lowest BCUT2D eigenvalue weighted by Gasteiger charge is -2.13. The second-order valence-electron chi connectivity index (χ2n) is 5.08. The first-order valence-electron chi connectivity index (χ1n) is 6.52. The first-order valence-corrected chi connectivity index (χ1v) is 8.42. The summed E-state index contributed by atoms with van der Waals surface area (Å²) in [7, 11) is -1.32. The molecule has 1 saturated carbocycles. The van der Waals surface area contributed by atoms with E-state index in [1.54, 1.807) is 0 Å². The normalized spacial score (nSPS) is 21.4. The third kappa shape index (κ3) is 5.35. The lowest BCUT2D eigenvalue weighted by Crippen LogP contribution is -2.33. The van der Waals surface area contributed by atoms with E-state index in [4.69, 9.17) is 10.5 Å². The van der Waals surface area contributed by atoms with Gasteiger partial charge in [0.25, 0.3) is 0 Å². The maximum Gasteiger partial charge on any atom is 0.322 e. The molecule has 0 bridgehead atoms. The lowest BCUT2D eigenvalue weighted by molar-refractivity contribution is -0.142. The zero-order chi connectivity index (χ0) is 13.6. The minimum absolute atomic E-state index is 0.190. The van der Waals surface area contributed by atoms with Crippen LogP contribution in [0.3, 0.4) is 0 Å². The Morgan fingerprint density at radius 2 is 2.06 bits per heavy atom. The van der Waals surface area contributed by atoms with Crippen molar-refractivity contribution >= 4 is 15.7 Å². The molecule has 1 rings (SSSR count). The summed E-state index contributed by atoms with van der Waals surface area (Å²) in [5, 5.41) is 0. The minimum atomic E-state index is -2.59. The Morgan fingerprint density at radius 3 is 2.61 bits per heavy atom. The van der Waals surface area contributed by atoms with Gasteiger partial charge in [0.15, 0.2) is 0 Å². The van der Waals surface area contributed by atoms with Crippen LogP contribution in [0.5, 0.6) is 0 Å². The molecule has 5 nitrogen and oxygen atoms in total. The van der Waals surface area contributed by atoms with E-state index < -0.39 is 21.7 Å². The molecule has 18 heavy (non-hydrogen) atoms. The smallest absolute Gasteiger partial charge is 0.322 e. The van der Waals surface area contributed by atoms with Crippen molar-refractivity contribution in [1.29, 1.82) is 4.78 Å². The van der Waals surface area contributed by atoms with Gasteiger partial charge >= 0.3 is 5.97 Å². The van der Waals surface area contributed by atoms with E-state index >= 15 is 0 Å². The molecule has 3 N–H and O–H groups in total. The maximum atomic E-state index is 12.0. The Morgan fingerprint density at radius 1 is 1.44 bits per heavy atom.